The molecule has 3 aromatic rings. The van der Waals surface area contributed by atoms with E-state index in [0.29, 0.717) is 0 Å². The first-order valence-electron chi connectivity index (χ1n) is 9.35. The van der Waals surface area contributed by atoms with Gasteiger partial charge in [-0.15, -0.1) is 11.3 Å². The summed E-state index contributed by atoms with van der Waals surface area (Å²) in [7, 11) is 0. The molecule has 1 heterocycles. The van der Waals surface area contributed by atoms with Gasteiger partial charge in [-0.1, -0.05) is 73.2 Å². The highest BCUT2D eigenvalue weighted by molar-refractivity contribution is 7.10. The molecule has 1 amide bonds. The quantitative estimate of drug-likeness (QED) is 0.579. The first-order chi connectivity index (χ1) is 13.2. The van der Waals surface area contributed by atoms with Crippen LogP contribution < -0.4 is 10.6 Å². The SMILES string of the molecule is CC[C@H](NC(=O)CN[C@@H](c1ccccc1)c1cccs1)c1ccc(C)cc1. The normalized spacial score (nSPS) is 13.1. The number of nitrogens with one attached hydrogen (secondary N) is 2. The van der Waals surface area contributed by atoms with Crippen molar-refractivity contribution in [1.82, 2.24) is 10.6 Å². The van der Waals surface area contributed by atoms with Crippen LogP contribution in [0.15, 0.2) is 72.1 Å². The molecule has 2 atom stereocenters. The molecule has 0 aliphatic rings. The Labute approximate surface area is 165 Å². The zero-order valence-electron chi connectivity index (χ0n) is 15.8. The molecule has 3 rings (SSSR count). The molecule has 4 heteroatoms. The smallest absolute Gasteiger partial charge is 0.234 e. The van der Waals surface area contributed by atoms with Crippen molar-refractivity contribution in [2.75, 3.05) is 6.54 Å². The third-order valence-corrected chi connectivity index (χ3v) is 5.59. The Morgan fingerprint density at radius 2 is 1.70 bits per heavy atom. The van der Waals surface area contributed by atoms with Gasteiger partial charge < -0.3 is 5.32 Å². The van der Waals surface area contributed by atoms with Crippen molar-refractivity contribution < 1.29 is 4.79 Å². The second kappa shape index (κ2) is 9.49. The Hall–Kier alpha value is -2.43. The lowest BCUT2D eigenvalue weighted by Crippen LogP contribution is -2.37. The van der Waals surface area contributed by atoms with Crippen LogP contribution in [0.2, 0.25) is 0 Å². The number of hydrogen-bond donors (Lipinski definition) is 2. The molecule has 2 aromatic carbocycles. The molecular formula is C23H26N2OS. The van der Waals surface area contributed by atoms with Crippen molar-refractivity contribution in [2.45, 2.75) is 32.4 Å². The summed E-state index contributed by atoms with van der Waals surface area (Å²) >= 11 is 1.70. The second-order valence-corrected chi connectivity index (χ2v) is 7.66. The van der Waals surface area contributed by atoms with E-state index in [1.807, 2.05) is 24.3 Å². The summed E-state index contributed by atoms with van der Waals surface area (Å²) in [6.45, 7) is 4.44. The van der Waals surface area contributed by atoms with E-state index in [9.17, 15) is 4.79 Å². The van der Waals surface area contributed by atoms with E-state index in [-0.39, 0.29) is 24.5 Å². The van der Waals surface area contributed by atoms with Gasteiger partial charge in [-0.3, -0.25) is 10.1 Å². The van der Waals surface area contributed by atoms with Crippen LogP contribution in [0.4, 0.5) is 0 Å². The molecule has 27 heavy (non-hydrogen) atoms. The van der Waals surface area contributed by atoms with E-state index in [2.05, 4.69) is 72.3 Å². The molecule has 0 saturated carbocycles. The summed E-state index contributed by atoms with van der Waals surface area (Å²) in [6, 6.07) is 22.8. The van der Waals surface area contributed by atoms with Crippen LogP contribution in [0.5, 0.6) is 0 Å². The third-order valence-electron chi connectivity index (χ3n) is 4.65. The fraction of sp³-hybridized carbons (Fsp3) is 0.261. The average molecular weight is 379 g/mol. The topological polar surface area (TPSA) is 41.1 Å². The molecule has 0 aliphatic heterocycles. The lowest BCUT2D eigenvalue weighted by Gasteiger charge is -2.21. The molecule has 0 spiro atoms. The van der Waals surface area contributed by atoms with Gasteiger partial charge in [-0.25, -0.2) is 0 Å². The minimum Gasteiger partial charge on any atom is -0.348 e. The Morgan fingerprint density at radius 1 is 0.963 bits per heavy atom. The standard InChI is InChI=1S/C23H26N2OS/c1-3-20(18-13-11-17(2)12-14-18)25-22(26)16-24-23(21-10-7-15-27-21)19-8-5-4-6-9-19/h4-15,20,23-24H,3,16H2,1-2H3,(H,25,26)/t20-,23-/m0/s1. The van der Waals surface area contributed by atoms with Crippen molar-refractivity contribution in [1.29, 1.82) is 0 Å². The summed E-state index contributed by atoms with van der Waals surface area (Å²) in [5, 5.41) is 8.65. The maximum absolute atomic E-state index is 12.6. The molecule has 0 radical (unpaired) electrons. The fourth-order valence-electron chi connectivity index (χ4n) is 3.14. The molecule has 140 valence electrons. The van der Waals surface area contributed by atoms with Crippen molar-refractivity contribution in [3.05, 3.63) is 93.7 Å². The Morgan fingerprint density at radius 3 is 2.33 bits per heavy atom. The van der Waals surface area contributed by atoms with Gasteiger partial charge >= 0.3 is 0 Å². The van der Waals surface area contributed by atoms with Gasteiger partial charge in [-0.05, 0) is 35.9 Å². The van der Waals surface area contributed by atoms with E-state index < -0.39 is 0 Å². The van der Waals surface area contributed by atoms with Crippen LogP contribution in [-0.4, -0.2) is 12.5 Å². The third kappa shape index (κ3) is 5.28. The number of carbonyl (C=O) groups excluding carboxylic acids is 1. The zero-order valence-corrected chi connectivity index (χ0v) is 16.6. The predicted molar refractivity (Wildman–Crippen MR) is 113 cm³/mol. The van der Waals surface area contributed by atoms with E-state index in [0.717, 1.165) is 12.0 Å². The highest BCUT2D eigenvalue weighted by Crippen LogP contribution is 2.25. The van der Waals surface area contributed by atoms with E-state index >= 15 is 0 Å². The fourth-order valence-corrected chi connectivity index (χ4v) is 3.97. The maximum atomic E-state index is 12.6. The summed E-state index contributed by atoms with van der Waals surface area (Å²) < 4.78 is 0. The molecule has 3 nitrogen and oxygen atoms in total. The number of hydrogen-bond acceptors (Lipinski definition) is 3. The van der Waals surface area contributed by atoms with Crippen molar-refractivity contribution in [3.63, 3.8) is 0 Å². The van der Waals surface area contributed by atoms with E-state index in [4.69, 9.17) is 0 Å². The monoisotopic (exact) mass is 378 g/mol. The van der Waals surface area contributed by atoms with Gasteiger partial charge in [-0.2, -0.15) is 0 Å². The molecule has 0 aliphatic carbocycles. The lowest BCUT2D eigenvalue weighted by atomic mass is 10.0. The second-order valence-electron chi connectivity index (χ2n) is 6.68. The largest absolute Gasteiger partial charge is 0.348 e. The van der Waals surface area contributed by atoms with E-state index in [1.54, 1.807) is 11.3 Å². The van der Waals surface area contributed by atoms with Crippen molar-refractivity contribution in [2.24, 2.45) is 0 Å². The molecule has 0 unspecified atom stereocenters. The van der Waals surface area contributed by atoms with Gasteiger partial charge in [0.1, 0.15) is 0 Å². The number of thiophene rings is 1. The van der Waals surface area contributed by atoms with Crippen LogP contribution in [0, 0.1) is 6.92 Å². The van der Waals surface area contributed by atoms with Gasteiger partial charge in [0.2, 0.25) is 5.91 Å². The number of amides is 1. The maximum Gasteiger partial charge on any atom is 0.234 e. The number of carbonyl (C=O) groups is 1. The van der Waals surface area contributed by atoms with Gasteiger partial charge in [0, 0.05) is 4.88 Å². The molecule has 0 fully saturated rings. The Bertz CT molecular complexity index is 829. The van der Waals surface area contributed by atoms with Crippen LogP contribution in [-0.2, 0) is 4.79 Å². The summed E-state index contributed by atoms with van der Waals surface area (Å²) in [5.41, 5.74) is 3.54. The first-order valence-corrected chi connectivity index (χ1v) is 10.2. The first kappa shape index (κ1) is 19.3. The Balaban J connectivity index is 1.64. The highest BCUT2D eigenvalue weighted by Gasteiger charge is 2.17. The molecule has 2 N–H and O–H groups in total. The lowest BCUT2D eigenvalue weighted by molar-refractivity contribution is -0.121. The minimum atomic E-state index is 0.0138. The number of aryl methyl sites for hydroxylation is 1. The summed E-state index contributed by atoms with van der Waals surface area (Å²) in [4.78, 5) is 13.8. The van der Waals surface area contributed by atoms with E-state index in [1.165, 1.54) is 16.0 Å². The minimum absolute atomic E-state index is 0.0138. The van der Waals surface area contributed by atoms with Crippen LogP contribution in [0.25, 0.3) is 0 Å². The van der Waals surface area contributed by atoms with Gasteiger partial charge in [0.15, 0.2) is 0 Å². The number of benzene rings is 2. The highest BCUT2D eigenvalue weighted by atomic mass is 32.1. The molecular weight excluding hydrogens is 352 g/mol. The summed E-state index contributed by atoms with van der Waals surface area (Å²) in [5.74, 6) is 0.0138. The molecule has 0 saturated heterocycles. The molecule has 1 aromatic heterocycles. The van der Waals surface area contributed by atoms with Crippen LogP contribution >= 0.6 is 11.3 Å². The van der Waals surface area contributed by atoms with Crippen molar-refractivity contribution >= 4 is 17.2 Å². The van der Waals surface area contributed by atoms with Crippen LogP contribution in [0.1, 0.15) is 47.0 Å². The number of rotatable bonds is 8. The van der Waals surface area contributed by atoms with Crippen molar-refractivity contribution in [3.8, 4) is 0 Å². The molecule has 0 bridgehead atoms. The predicted octanol–water partition coefficient (Wildman–Crippen LogP) is 5.00. The Kier molecular flexibility index (Phi) is 6.80. The average Bonchev–Trinajstić information content (AvgIpc) is 3.22. The zero-order chi connectivity index (χ0) is 19.1. The summed E-state index contributed by atoms with van der Waals surface area (Å²) in [6.07, 6.45) is 0.863. The van der Waals surface area contributed by atoms with Gasteiger partial charge in [0.25, 0.3) is 0 Å². The van der Waals surface area contributed by atoms with Crippen LogP contribution in [0.3, 0.4) is 0 Å². The van der Waals surface area contributed by atoms with Gasteiger partial charge in [0.05, 0.1) is 18.6 Å².